The quantitative estimate of drug-likeness (QED) is 0.690. The Balaban J connectivity index is 1.85. The predicted molar refractivity (Wildman–Crippen MR) is 115 cm³/mol. The van der Waals surface area contributed by atoms with Crippen LogP contribution in [-0.2, 0) is 4.79 Å². The number of carbonyl (C=O) groups excluding carboxylic acids is 1. The molecule has 1 atom stereocenters. The topological polar surface area (TPSA) is 68.3 Å². The molecule has 1 amide bonds. The Labute approximate surface area is 169 Å². The number of benzene rings is 2. The summed E-state index contributed by atoms with van der Waals surface area (Å²) in [4.78, 5) is 26.6. The van der Waals surface area contributed by atoms with Gasteiger partial charge in [0.25, 0.3) is 5.56 Å². The molecule has 0 saturated carbocycles. The van der Waals surface area contributed by atoms with Crippen LogP contribution in [0.2, 0.25) is 0 Å². The van der Waals surface area contributed by atoms with Crippen LogP contribution in [-0.4, -0.2) is 28.5 Å². The summed E-state index contributed by atoms with van der Waals surface area (Å²) < 4.78 is 1.68. The van der Waals surface area contributed by atoms with Crippen molar-refractivity contribution in [3.8, 4) is 17.5 Å². The number of carbonyl (C=O) groups is 1. The van der Waals surface area contributed by atoms with Crippen LogP contribution in [0.3, 0.4) is 0 Å². The maximum absolute atomic E-state index is 13.5. The maximum atomic E-state index is 13.5. The number of para-hydroxylation sites is 1. The lowest BCUT2D eigenvalue weighted by Gasteiger charge is -2.35. The minimum atomic E-state index is -0.297. The molecule has 2 N–H and O–H groups in total. The van der Waals surface area contributed by atoms with Gasteiger partial charge in [0.05, 0.1) is 11.3 Å². The SMILES string of the molecule is CC(=O)N1CC(C#Cc2cccc3cc([C@H](C)N)n(-c4ccccc4)c(=O)c23)C1. The largest absolute Gasteiger partial charge is 0.340 e. The zero-order chi connectivity index (χ0) is 20.5. The Bertz CT molecular complexity index is 1190. The molecule has 0 aliphatic carbocycles. The molecule has 3 aromatic rings. The number of nitrogens with zero attached hydrogens (tertiary/aromatic N) is 2. The lowest BCUT2D eigenvalue weighted by molar-refractivity contribution is -0.133. The first kappa shape index (κ1) is 19.0. The van der Waals surface area contributed by atoms with E-state index in [1.807, 2.05) is 61.5 Å². The van der Waals surface area contributed by atoms with Crippen molar-refractivity contribution in [2.24, 2.45) is 11.7 Å². The Morgan fingerprint density at radius 2 is 1.86 bits per heavy atom. The van der Waals surface area contributed by atoms with Crippen molar-refractivity contribution in [2.75, 3.05) is 13.1 Å². The first-order valence-electron chi connectivity index (χ1n) is 9.72. The Hall–Kier alpha value is -3.36. The van der Waals surface area contributed by atoms with Gasteiger partial charge in [-0.1, -0.05) is 42.2 Å². The molecule has 1 aliphatic heterocycles. The van der Waals surface area contributed by atoms with E-state index in [-0.39, 0.29) is 23.4 Å². The van der Waals surface area contributed by atoms with Gasteiger partial charge in [0.1, 0.15) is 0 Å². The van der Waals surface area contributed by atoms with Gasteiger partial charge in [0.15, 0.2) is 0 Å². The summed E-state index contributed by atoms with van der Waals surface area (Å²) in [6.45, 7) is 4.74. The molecule has 5 nitrogen and oxygen atoms in total. The fourth-order valence-electron chi connectivity index (χ4n) is 3.67. The van der Waals surface area contributed by atoms with Gasteiger partial charge in [-0.2, -0.15) is 0 Å². The summed E-state index contributed by atoms with van der Waals surface area (Å²) in [5.74, 6) is 6.62. The Kier molecular flexibility index (Phi) is 4.96. The third-order valence-electron chi connectivity index (χ3n) is 5.29. The van der Waals surface area contributed by atoms with Gasteiger partial charge >= 0.3 is 0 Å². The second-order valence-electron chi connectivity index (χ2n) is 7.49. The number of hydrogen-bond donors (Lipinski definition) is 1. The zero-order valence-corrected chi connectivity index (χ0v) is 16.6. The molecule has 1 aliphatic rings. The molecule has 0 bridgehead atoms. The van der Waals surface area contributed by atoms with E-state index in [0.29, 0.717) is 24.0 Å². The zero-order valence-electron chi connectivity index (χ0n) is 16.6. The van der Waals surface area contributed by atoms with E-state index in [9.17, 15) is 9.59 Å². The van der Waals surface area contributed by atoms with Gasteiger partial charge in [-0.3, -0.25) is 14.2 Å². The van der Waals surface area contributed by atoms with Gasteiger partial charge in [-0.15, -0.1) is 0 Å². The molecular weight excluding hydrogens is 362 g/mol. The number of rotatable bonds is 2. The molecule has 1 aromatic heterocycles. The van der Waals surface area contributed by atoms with Gasteiger partial charge in [-0.05, 0) is 36.6 Å². The summed E-state index contributed by atoms with van der Waals surface area (Å²) in [6, 6.07) is 16.9. The first-order valence-corrected chi connectivity index (χ1v) is 9.72. The lowest BCUT2D eigenvalue weighted by atomic mass is 9.99. The molecule has 1 fully saturated rings. The summed E-state index contributed by atoms with van der Waals surface area (Å²) >= 11 is 0. The Morgan fingerprint density at radius 1 is 1.14 bits per heavy atom. The third-order valence-corrected chi connectivity index (χ3v) is 5.29. The van der Waals surface area contributed by atoms with E-state index < -0.39 is 0 Å². The van der Waals surface area contributed by atoms with Crippen LogP contribution in [0.25, 0.3) is 16.5 Å². The van der Waals surface area contributed by atoms with Crippen LogP contribution in [0.5, 0.6) is 0 Å². The fourth-order valence-corrected chi connectivity index (χ4v) is 3.67. The van der Waals surface area contributed by atoms with E-state index in [4.69, 9.17) is 5.73 Å². The average molecular weight is 385 g/mol. The van der Waals surface area contributed by atoms with Crippen LogP contribution >= 0.6 is 0 Å². The molecule has 0 radical (unpaired) electrons. The summed E-state index contributed by atoms with van der Waals surface area (Å²) in [7, 11) is 0. The molecule has 146 valence electrons. The van der Waals surface area contributed by atoms with Crippen molar-refractivity contribution < 1.29 is 4.79 Å². The average Bonchev–Trinajstić information content (AvgIpc) is 2.66. The number of pyridine rings is 1. The molecular formula is C24H23N3O2. The van der Waals surface area contributed by atoms with Crippen molar-refractivity contribution >= 4 is 16.7 Å². The maximum Gasteiger partial charge on any atom is 0.264 e. The van der Waals surface area contributed by atoms with Crippen molar-refractivity contribution in [1.29, 1.82) is 0 Å². The number of fused-ring (bicyclic) bond motifs is 1. The van der Waals surface area contributed by atoms with Crippen molar-refractivity contribution in [1.82, 2.24) is 9.47 Å². The van der Waals surface area contributed by atoms with Gasteiger partial charge < -0.3 is 10.6 Å². The molecule has 2 heterocycles. The fraction of sp³-hybridized carbons (Fsp3) is 0.250. The number of likely N-dealkylation sites (tertiary alicyclic amines) is 1. The molecule has 2 aromatic carbocycles. The molecule has 0 spiro atoms. The van der Waals surface area contributed by atoms with Gasteiger partial charge in [0, 0.05) is 43.0 Å². The van der Waals surface area contributed by atoms with Crippen LogP contribution in [0, 0.1) is 17.8 Å². The number of amides is 1. The van der Waals surface area contributed by atoms with E-state index in [1.54, 1.807) is 16.4 Å². The summed E-state index contributed by atoms with van der Waals surface area (Å²) in [5, 5.41) is 1.43. The van der Waals surface area contributed by atoms with Crippen LogP contribution in [0.1, 0.15) is 31.1 Å². The van der Waals surface area contributed by atoms with Crippen molar-refractivity contribution in [3.05, 3.63) is 76.2 Å². The van der Waals surface area contributed by atoms with Crippen LogP contribution < -0.4 is 11.3 Å². The van der Waals surface area contributed by atoms with E-state index in [0.717, 1.165) is 16.8 Å². The van der Waals surface area contributed by atoms with Gasteiger partial charge in [0.2, 0.25) is 5.91 Å². The number of nitrogens with two attached hydrogens (primary N) is 1. The van der Waals surface area contributed by atoms with Crippen molar-refractivity contribution in [3.63, 3.8) is 0 Å². The highest BCUT2D eigenvalue weighted by molar-refractivity contribution is 5.88. The summed E-state index contributed by atoms with van der Waals surface area (Å²) in [5.41, 5.74) is 8.32. The van der Waals surface area contributed by atoms with Crippen LogP contribution in [0.15, 0.2) is 59.4 Å². The molecule has 0 unspecified atom stereocenters. The first-order chi connectivity index (χ1) is 14.0. The van der Waals surface area contributed by atoms with Gasteiger partial charge in [-0.25, -0.2) is 0 Å². The highest BCUT2D eigenvalue weighted by Gasteiger charge is 2.26. The standard InChI is InChI=1S/C24H23N3O2/c1-16(25)22-13-20-8-6-7-19(12-11-18-14-26(15-18)17(2)28)23(20)24(29)27(22)21-9-4-3-5-10-21/h3-10,13,16,18H,14-15,25H2,1-2H3/t16-/m0/s1. The second-order valence-corrected chi connectivity index (χ2v) is 7.49. The number of aromatic nitrogens is 1. The predicted octanol–water partition coefficient (Wildman–Crippen LogP) is 2.84. The minimum Gasteiger partial charge on any atom is -0.340 e. The molecule has 4 rings (SSSR count). The Morgan fingerprint density at radius 3 is 2.52 bits per heavy atom. The highest BCUT2D eigenvalue weighted by Crippen LogP contribution is 2.22. The molecule has 5 heteroatoms. The number of hydrogen-bond acceptors (Lipinski definition) is 3. The molecule has 29 heavy (non-hydrogen) atoms. The normalized spacial score (nSPS) is 14.8. The third kappa shape index (κ3) is 3.55. The smallest absolute Gasteiger partial charge is 0.264 e. The lowest BCUT2D eigenvalue weighted by Crippen LogP contribution is -2.48. The monoisotopic (exact) mass is 385 g/mol. The highest BCUT2D eigenvalue weighted by atomic mass is 16.2. The van der Waals surface area contributed by atoms with Crippen LogP contribution in [0.4, 0.5) is 0 Å². The minimum absolute atomic E-state index is 0.0717. The van der Waals surface area contributed by atoms with E-state index in [2.05, 4.69) is 11.8 Å². The van der Waals surface area contributed by atoms with E-state index in [1.165, 1.54) is 0 Å². The summed E-state index contributed by atoms with van der Waals surface area (Å²) in [6.07, 6.45) is 0. The second kappa shape index (κ2) is 7.57. The molecule has 1 saturated heterocycles. The van der Waals surface area contributed by atoms with E-state index >= 15 is 0 Å². The van der Waals surface area contributed by atoms with Crippen molar-refractivity contribution in [2.45, 2.75) is 19.9 Å².